The van der Waals surface area contributed by atoms with Crippen molar-refractivity contribution in [2.45, 2.75) is 6.42 Å². The maximum absolute atomic E-state index is 13.6. The highest BCUT2D eigenvalue weighted by Gasteiger charge is 2.34. The van der Waals surface area contributed by atoms with Crippen molar-refractivity contribution in [3.63, 3.8) is 0 Å². The predicted octanol–water partition coefficient (Wildman–Crippen LogP) is 0.812. The smallest absolute Gasteiger partial charge is 0.227 e. The quantitative estimate of drug-likeness (QED) is 0.772. The molecule has 1 saturated heterocycles. The molecule has 110 valence electrons. The number of benzene rings is 1. The Morgan fingerprint density at radius 1 is 1.45 bits per heavy atom. The number of amides is 1. The molecule has 9 heteroatoms. The van der Waals surface area contributed by atoms with Crippen LogP contribution in [-0.4, -0.2) is 26.6 Å². The minimum Gasteiger partial charge on any atom is -0.397 e. The van der Waals surface area contributed by atoms with Gasteiger partial charge in [-0.3, -0.25) is 4.79 Å². The average Bonchev–Trinajstić information content (AvgIpc) is 2.62. The van der Waals surface area contributed by atoms with Gasteiger partial charge in [0.25, 0.3) is 0 Å². The maximum atomic E-state index is 13.6. The number of halogens is 2. The van der Waals surface area contributed by atoms with Crippen LogP contribution in [0.1, 0.15) is 6.42 Å². The van der Waals surface area contributed by atoms with Crippen molar-refractivity contribution in [3.05, 3.63) is 22.4 Å². The van der Waals surface area contributed by atoms with Gasteiger partial charge in [0.1, 0.15) is 5.82 Å². The van der Waals surface area contributed by atoms with Crippen LogP contribution < -0.4 is 15.8 Å². The molecule has 1 fully saturated rings. The van der Waals surface area contributed by atoms with Crippen LogP contribution in [0.25, 0.3) is 0 Å². The molecular formula is C11H13BrFN3O3S. The molecule has 2 rings (SSSR count). The molecule has 1 heterocycles. The molecule has 1 amide bonds. The summed E-state index contributed by atoms with van der Waals surface area (Å²) in [6, 6.07) is 2.52. The number of nitrogen functional groups attached to an aromatic ring is 1. The fourth-order valence-electron chi connectivity index (χ4n) is 2.24. The maximum Gasteiger partial charge on any atom is 0.227 e. The number of nitrogens with two attached hydrogens (primary N) is 2. The number of hydrogen-bond acceptors (Lipinski definition) is 4. The number of nitrogens with zero attached hydrogens (tertiary/aromatic N) is 1. The van der Waals surface area contributed by atoms with Gasteiger partial charge in [-0.05, 0) is 22.0 Å². The number of primary sulfonamides is 1. The number of rotatable bonds is 3. The van der Waals surface area contributed by atoms with Crippen LogP contribution in [0.3, 0.4) is 0 Å². The molecule has 4 N–H and O–H groups in total. The predicted molar refractivity (Wildman–Crippen MR) is 76.9 cm³/mol. The van der Waals surface area contributed by atoms with E-state index in [-0.39, 0.29) is 40.5 Å². The third kappa shape index (κ3) is 3.28. The third-order valence-corrected chi connectivity index (χ3v) is 4.58. The molecule has 1 aromatic carbocycles. The Morgan fingerprint density at radius 2 is 2.10 bits per heavy atom. The first-order valence-corrected chi connectivity index (χ1v) is 8.23. The fraction of sp³-hybridized carbons (Fsp3) is 0.364. The number of carbonyl (C=O) groups excluding carboxylic acids is 1. The van der Waals surface area contributed by atoms with Crippen LogP contribution in [0.2, 0.25) is 0 Å². The summed E-state index contributed by atoms with van der Waals surface area (Å²) in [5.41, 5.74) is 6.25. The molecule has 1 unspecified atom stereocenters. The second kappa shape index (κ2) is 5.30. The summed E-state index contributed by atoms with van der Waals surface area (Å²) in [6.07, 6.45) is 0.0492. The highest BCUT2D eigenvalue weighted by atomic mass is 79.9. The lowest BCUT2D eigenvalue weighted by molar-refractivity contribution is -0.117. The van der Waals surface area contributed by atoms with Gasteiger partial charge in [0.05, 0.1) is 21.6 Å². The minimum absolute atomic E-state index is 0.0492. The van der Waals surface area contributed by atoms with Crippen molar-refractivity contribution in [2.75, 3.05) is 22.9 Å². The van der Waals surface area contributed by atoms with Gasteiger partial charge in [0, 0.05) is 24.9 Å². The van der Waals surface area contributed by atoms with E-state index < -0.39 is 21.8 Å². The lowest BCUT2D eigenvalue weighted by Crippen LogP contribution is -2.28. The summed E-state index contributed by atoms with van der Waals surface area (Å²) in [5.74, 6) is -1.54. The molecule has 1 aliphatic rings. The highest BCUT2D eigenvalue weighted by Crippen LogP contribution is 2.33. The topological polar surface area (TPSA) is 106 Å². The van der Waals surface area contributed by atoms with E-state index in [4.69, 9.17) is 10.9 Å². The molecule has 0 bridgehead atoms. The summed E-state index contributed by atoms with van der Waals surface area (Å²) in [5, 5.41) is 4.97. The van der Waals surface area contributed by atoms with E-state index in [1.54, 1.807) is 0 Å². The van der Waals surface area contributed by atoms with Crippen molar-refractivity contribution >= 4 is 43.2 Å². The van der Waals surface area contributed by atoms with E-state index in [1.807, 2.05) is 0 Å². The molecule has 0 aliphatic carbocycles. The summed E-state index contributed by atoms with van der Waals surface area (Å²) < 4.78 is 35.9. The second-order valence-electron chi connectivity index (χ2n) is 4.73. The van der Waals surface area contributed by atoms with E-state index in [1.165, 1.54) is 11.0 Å². The molecule has 1 aliphatic heterocycles. The molecule has 20 heavy (non-hydrogen) atoms. The lowest BCUT2D eigenvalue weighted by Gasteiger charge is -2.19. The summed E-state index contributed by atoms with van der Waals surface area (Å²) in [4.78, 5) is 13.2. The Kier molecular flexibility index (Phi) is 4.03. The Hall–Kier alpha value is -1.19. The number of anilines is 2. The largest absolute Gasteiger partial charge is 0.397 e. The number of hydrogen-bond donors (Lipinski definition) is 2. The van der Waals surface area contributed by atoms with E-state index in [0.717, 1.165) is 6.07 Å². The van der Waals surface area contributed by atoms with Gasteiger partial charge >= 0.3 is 0 Å². The Bertz CT molecular complexity index is 665. The van der Waals surface area contributed by atoms with Gasteiger partial charge in [0.15, 0.2) is 0 Å². The molecular weight excluding hydrogens is 353 g/mol. The van der Waals surface area contributed by atoms with Gasteiger partial charge in [-0.2, -0.15) is 0 Å². The van der Waals surface area contributed by atoms with Crippen LogP contribution in [0, 0.1) is 11.7 Å². The van der Waals surface area contributed by atoms with Crippen molar-refractivity contribution < 1.29 is 17.6 Å². The Balaban J connectivity index is 2.26. The average molecular weight is 366 g/mol. The van der Waals surface area contributed by atoms with Gasteiger partial charge < -0.3 is 10.6 Å². The molecule has 1 atom stereocenters. The van der Waals surface area contributed by atoms with Crippen molar-refractivity contribution in [2.24, 2.45) is 11.1 Å². The summed E-state index contributed by atoms with van der Waals surface area (Å²) in [7, 11) is -3.65. The first-order chi connectivity index (χ1) is 9.17. The SMILES string of the molecule is Nc1cc(Br)c(F)cc1N1CC(CS(N)(=O)=O)CC1=O. The lowest BCUT2D eigenvalue weighted by atomic mass is 10.1. The van der Waals surface area contributed by atoms with Gasteiger partial charge in [0.2, 0.25) is 15.9 Å². The van der Waals surface area contributed by atoms with Crippen molar-refractivity contribution in [1.29, 1.82) is 0 Å². The monoisotopic (exact) mass is 365 g/mol. The van der Waals surface area contributed by atoms with Crippen LogP contribution >= 0.6 is 15.9 Å². The minimum atomic E-state index is -3.65. The Morgan fingerprint density at radius 3 is 2.70 bits per heavy atom. The molecule has 6 nitrogen and oxygen atoms in total. The second-order valence-corrected chi connectivity index (χ2v) is 7.24. The van der Waals surface area contributed by atoms with E-state index in [9.17, 15) is 17.6 Å². The number of carbonyl (C=O) groups is 1. The molecule has 0 saturated carbocycles. The first-order valence-electron chi connectivity index (χ1n) is 5.72. The number of sulfonamides is 1. The zero-order valence-electron chi connectivity index (χ0n) is 10.3. The van der Waals surface area contributed by atoms with Gasteiger partial charge in [-0.15, -0.1) is 0 Å². The van der Waals surface area contributed by atoms with Crippen molar-refractivity contribution in [1.82, 2.24) is 0 Å². The molecule has 0 spiro atoms. The highest BCUT2D eigenvalue weighted by molar-refractivity contribution is 9.10. The van der Waals surface area contributed by atoms with Crippen LogP contribution in [0.4, 0.5) is 15.8 Å². The van der Waals surface area contributed by atoms with Gasteiger partial charge in [-0.1, -0.05) is 0 Å². The summed E-state index contributed by atoms with van der Waals surface area (Å²) in [6.45, 7) is 0.153. The van der Waals surface area contributed by atoms with E-state index >= 15 is 0 Å². The Labute approximate surface area is 124 Å². The molecule has 1 aromatic rings. The zero-order chi connectivity index (χ0) is 15.1. The van der Waals surface area contributed by atoms with Crippen molar-refractivity contribution in [3.8, 4) is 0 Å². The van der Waals surface area contributed by atoms with E-state index in [2.05, 4.69) is 15.9 Å². The zero-order valence-corrected chi connectivity index (χ0v) is 12.7. The van der Waals surface area contributed by atoms with Crippen LogP contribution in [0.5, 0.6) is 0 Å². The first kappa shape index (κ1) is 15.2. The van der Waals surface area contributed by atoms with Crippen LogP contribution in [-0.2, 0) is 14.8 Å². The normalized spacial score (nSPS) is 19.6. The fourth-order valence-corrected chi connectivity index (χ4v) is 3.48. The molecule has 0 aromatic heterocycles. The molecule has 0 radical (unpaired) electrons. The van der Waals surface area contributed by atoms with E-state index in [0.29, 0.717) is 0 Å². The van der Waals surface area contributed by atoms with Crippen LogP contribution in [0.15, 0.2) is 16.6 Å². The standard InChI is InChI=1S/C11H13BrFN3O3S/c12-7-2-9(14)10(3-8(7)13)16-4-6(1-11(16)17)5-20(15,18)19/h2-3,6H,1,4-5,14H2,(H2,15,18,19). The van der Waals surface area contributed by atoms with Gasteiger partial charge in [-0.25, -0.2) is 17.9 Å². The summed E-state index contributed by atoms with van der Waals surface area (Å²) >= 11 is 3.00. The third-order valence-electron chi connectivity index (χ3n) is 3.03.